The fraction of sp³-hybridized carbons (Fsp3) is 0.286. The molecule has 3 nitrogen and oxygen atoms in total. The standard InChI is InChI=1S/C21H19Cl2FO3/c1-21(2)17(11-18(22)23)19(21)20(25)26-12-13-8-14(24)10-16(9-13)27-15-6-4-3-5-7-15/h3-11,17,19H,12H2,1-2H3. The molecule has 0 radical (unpaired) electrons. The van der Waals surface area contributed by atoms with Gasteiger partial charge in [-0.1, -0.05) is 55.2 Å². The molecule has 1 fully saturated rings. The van der Waals surface area contributed by atoms with Gasteiger partial charge in [0, 0.05) is 6.07 Å². The number of esters is 1. The van der Waals surface area contributed by atoms with Gasteiger partial charge in [-0.2, -0.15) is 0 Å². The van der Waals surface area contributed by atoms with E-state index in [4.69, 9.17) is 32.7 Å². The molecule has 0 amide bonds. The van der Waals surface area contributed by atoms with Crippen molar-refractivity contribution in [1.82, 2.24) is 0 Å². The summed E-state index contributed by atoms with van der Waals surface area (Å²) in [6.45, 7) is 3.86. The average molecular weight is 409 g/mol. The van der Waals surface area contributed by atoms with Gasteiger partial charge in [0.25, 0.3) is 0 Å². The van der Waals surface area contributed by atoms with Crippen molar-refractivity contribution in [2.75, 3.05) is 0 Å². The van der Waals surface area contributed by atoms with Gasteiger partial charge < -0.3 is 9.47 Å². The Morgan fingerprint density at radius 3 is 2.52 bits per heavy atom. The molecule has 2 aromatic rings. The van der Waals surface area contributed by atoms with Crippen LogP contribution >= 0.6 is 23.2 Å². The average Bonchev–Trinajstić information content (AvgIpc) is 3.12. The van der Waals surface area contributed by atoms with E-state index in [1.165, 1.54) is 12.1 Å². The van der Waals surface area contributed by atoms with Gasteiger partial charge in [-0.25, -0.2) is 4.39 Å². The van der Waals surface area contributed by atoms with E-state index in [1.54, 1.807) is 24.3 Å². The van der Waals surface area contributed by atoms with E-state index in [-0.39, 0.29) is 34.3 Å². The van der Waals surface area contributed by atoms with Crippen molar-refractivity contribution >= 4 is 29.2 Å². The van der Waals surface area contributed by atoms with Crippen LogP contribution in [0.5, 0.6) is 11.5 Å². The van der Waals surface area contributed by atoms with Crippen LogP contribution in [-0.4, -0.2) is 5.97 Å². The zero-order valence-corrected chi connectivity index (χ0v) is 16.4. The fourth-order valence-electron chi connectivity index (χ4n) is 3.21. The predicted octanol–water partition coefficient (Wildman–Crippen LogP) is 6.25. The molecule has 0 heterocycles. The molecule has 27 heavy (non-hydrogen) atoms. The minimum absolute atomic E-state index is 0.0423. The number of halogens is 3. The fourth-order valence-corrected chi connectivity index (χ4v) is 3.48. The molecule has 0 spiro atoms. The third-order valence-electron chi connectivity index (χ3n) is 4.76. The van der Waals surface area contributed by atoms with Gasteiger partial charge >= 0.3 is 5.97 Å². The van der Waals surface area contributed by atoms with Crippen molar-refractivity contribution in [2.45, 2.75) is 20.5 Å². The molecule has 2 aromatic carbocycles. The number of para-hydroxylation sites is 1. The van der Waals surface area contributed by atoms with Crippen LogP contribution in [0.3, 0.4) is 0 Å². The van der Waals surface area contributed by atoms with Crippen molar-refractivity contribution in [3.63, 3.8) is 0 Å². The Morgan fingerprint density at radius 2 is 1.85 bits per heavy atom. The minimum Gasteiger partial charge on any atom is -0.461 e. The van der Waals surface area contributed by atoms with Crippen LogP contribution in [0.15, 0.2) is 59.1 Å². The lowest BCUT2D eigenvalue weighted by Crippen LogP contribution is -2.10. The molecule has 0 aliphatic heterocycles. The molecule has 0 bridgehead atoms. The molecular weight excluding hydrogens is 390 g/mol. The van der Waals surface area contributed by atoms with Crippen LogP contribution in [0.1, 0.15) is 19.4 Å². The van der Waals surface area contributed by atoms with Gasteiger partial charge in [-0.05, 0) is 47.2 Å². The van der Waals surface area contributed by atoms with Crippen LogP contribution in [0.2, 0.25) is 0 Å². The van der Waals surface area contributed by atoms with E-state index >= 15 is 0 Å². The van der Waals surface area contributed by atoms with Gasteiger partial charge in [-0.3, -0.25) is 4.79 Å². The van der Waals surface area contributed by atoms with Gasteiger partial charge in [0.1, 0.15) is 28.4 Å². The van der Waals surface area contributed by atoms with Crippen molar-refractivity contribution in [1.29, 1.82) is 0 Å². The van der Waals surface area contributed by atoms with E-state index in [1.807, 2.05) is 32.0 Å². The van der Waals surface area contributed by atoms with E-state index in [2.05, 4.69) is 0 Å². The number of hydrogen-bond acceptors (Lipinski definition) is 3. The van der Waals surface area contributed by atoms with E-state index < -0.39 is 5.82 Å². The molecule has 142 valence electrons. The van der Waals surface area contributed by atoms with Crippen molar-refractivity contribution in [2.24, 2.45) is 17.3 Å². The maximum absolute atomic E-state index is 13.9. The predicted molar refractivity (Wildman–Crippen MR) is 103 cm³/mol. The first kappa shape index (κ1) is 19.7. The second kappa shape index (κ2) is 7.91. The highest BCUT2D eigenvalue weighted by Gasteiger charge is 2.61. The van der Waals surface area contributed by atoms with Gasteiger partial charge in [0.05, 0.1) is 5.92 Å². The van der Waals surface area contributed by atoms with Crippen LogP contribution in [0.25, 0.3) is 0 Å². The molecule has 0 aromatic heterocycles. The number of benzene rings is 2. The van der Waals surface area contributed by atoms with Crippen LogP contribution in [-0.2, 0) is 16.1 Å². The maximum Gasteiger partial charge on any atom is 0.310 e. The summed E-state index contributed by atoms with van der Waals surface area (Å²) in [6, 6.07) is 13.3. The first-order chi connectivity index (χ1) is 12.8. The summed E-state index contributed by atoms with van der Waals surface area (Å²) in [5.41, 5.74) is 0.241. The highest BCUT2D eigenvalue weighted by atomic mass is 35.5. The molecule has 1 aliphatic carbocycles. The van der Waals surface area contributed by atoms with Crippen molar-refractivity contribution < 1.29 is 18.7 Å². The molecular formula is C21H19Cl2FO3. The molecule has 6 heteroatoms. The number of allylic oxidation sites excluding steroid dienone is 1. The number of hydrogen-bond donors (Lipinski definition) is 0. The lowest BCUT2D eigenvalue weighted by molar-refractivity contribution is -0.147. The zero-order valence-electron chi connectivity index (χ0n) is 14.9. The van der Waals surface area contributed by atoms with Crippen LogP contribution < -0.4 is 4.74 Å². The van der Waals surface area contributed by atoms with E-state index in [9.17, 15) is 9.18 Å². The Bertz CT molecular complexity index is 861. The Labute approximate surface area is 167 Å². The highest BCUT2D eigenvalue weighted by molar-refractivity contribution is 6.55. The minimum atomic E-state index is -0.462. The van der Waals surface area contributed by atoms with Crippen molar-refractivity contribution in [3.05, 3.63) is 70.5 Å². The number of rotatable bonds is 6. The zero-order chi connectivity index (χ0) is 19.6. The number of ether oxygens (including phenoxy) is 2. The molecule has 2 unspecified atom stereocenters. The molecule has 1 aliphatic rings. The summed E-state index contributed by atoms with van der Waals surface area (Å²) < 4.78 is 25.1. The maximum atomic E-state index is 13.9. The molecule has 1 saturated carbocycles. The smallest absolute Gasteiger partial charge is 0.310 e. The highest BCUT2D eigenvalue weighted by Crippen LogP contribution is 2.60. The first-order valence-electron chi connectivity index (χ1n) is 8.49. The lowest BCUT2D eigenvalue weighted by Gasteiger charge is -2.09. The van der Waals surface area contributed by atoms with Gasteiger partial charge in [-0.15, -0.1) is 0 Å². The Balaban J connectivity index is 1.64. The summed E-state index contributed by atoms with van der Waals surface area (Å²) in [4.78, 5) is 12.4. The van der Waals surface area contributed by atoms with E-state index in [0.29, 0.717) is 17.1 Å². The van der Waals surface area contributed by atoms with Gasteiger partial charge in [0.15, 0.2) is 0 Å². The largest absolute Gasteiger partial charge is 0.461 e. The number of carbonyl (C=O) groups excluding carboxylic acids is 1. The molecule has 0 saturated heterocycles. The Hall–Kier alpha value is -2.04. The van der Waals surface area contributed by atoms with Crippen LogP contribution in [0.4, 0.5) is 4.39 Å². The Morgan fingerprint density at radius 1 is 1.15 bits per heavy atom. The summed E-state index contributed by atoms with van der Waals surface area (Å²) in [6.07, 6.45) is 1.66. The normalized spacial score (nSPS) is 19.9. The molecule has 2 atom stereocenters. The number of carbonyl (C=O) groups is 1. The summed E-state index contributed by atoms with van der Waals surface area (Å²) in [5, 5.41) is 0. The molecule has 3 rings (SSSR count). The summed E-state index contributed by atoms with van der Waals surface area (Å²) in [5.74, 6) is -0.272. The van der Waals surface area contributed by atoms with E-state index in [0.717, 1.165) is 0 Å². The second-order valence-corrected chi connectivity index (χ2v) is 8.11. The summed E-state index contributed by atoms with van der Waals surface area (Å²) in [7, 11) is 0. The third kappa shape index (κ3) is 4.82. The monoisotopic (exact) mass is 408 g/mol. The first-order valence-corrected chi connectivity index (χ1v) is 9.25. The summed E-state index contributed by atoms with van der Waals surface area (Å²) >= 11 is 11.4. The Kier molecular flexibility index (Phi) is 5.78. The topological polar surface area (TPSA) is 35.5 Å². The van der Waals surface area contributed by atoms with Gasteiger partial charge in [0.2, 0.25) is 0 Å². The quantitative estimate of drug-likeness (QED) is 0.529. The lowest BCUT2D eigenvalue weighted by atomic mass is 10.1. The van der Waals surface area contributed by atoms with Crippen LogP contribution in [0, 0.1) is 23.1 Å². The molecule has 0 N–H and O–H groups in total. The second-order valence-electron chi connectivity index (χ2n) is 7.10. The SMILES string of the molecule is CC1(C)C(C=C(Cl)Cl)C1C(=O)OCc1cc(F)cc(Oc2ccccc2)c1. The van der Waals surface area contributed by atoms with Crippen molar-refractivity contribution in [3.8, 4) is 11.5 Å². The third-order valence-corrected chi connectivity index (χ3v) is 5.01.